The van der Waals surface area contributed by atoms with E-state index in [-0.39, 0.29) is 5.97 Å². The molecule has 0 saturated carbocycles. The van der Waals surface area contributed by atoms with E-state index in [0.29, 0.717) is 32.7 Å². The lowest BCUT2D eigenvalue weighted by atomic mass is 9.99. The Bertz CT molecular complexity index is 1110. The third-order valence-electron chi connectivity index (χ3n) is 6.34. The van der Waals surface area contributed by atoms with Crippen LogP contribution in [0.4, 0.5) is 0 Å². The van der Waals surface area contributed by atoms with Crippen LogP contribution in [0.2, 0.25) is 0 Å². The molecule has 0 fully saturated rings. The Labute approximate surface area is 226 Å². The molecule has 3 rings (SSSR count). The maximum absolute atomic E-state index is 11.8. The summed E-state index contributed by atoms with van der Waals surface area (Å²) < 4.78 is 17.3. The van der Waals surface area contributed by atoms with Gasteiger partial charge in [0.2, 0.25) is 0 Å². The van der Waals surface area contributed by atoms with Crippen molar-refractivity contribution >= 4 is 17.3 Å². The zero-order chi connectivity index (χ0) is 26.5. The zero-order valence-electron chi connectivity index (χ0n) is 22.8. The smallest absolute Gasteiger partial charge is 0.306 e. The van der Waals surface area contributed by atoms with Crippen molar-refractivity contribution in [1.29, 1.82) is 0 Å². The van der Waals surface area contributed by atoms with Crippen LogP contribution in [-0.2, 0) is 27.1 Å². The molecule has 1 aliphatic carbocycles. The first kappa shape index (κ1) is 28.7. The van der Waals surface area contributed by atoms with Crippen LogP contribution in [0.25, 0.3) is 10.6 Å². The largest absolute Gasteiger partial charge is 0.494 e. The first-order valence-electron chi connectivity index (χ1n) is 13.7. The lowest BCUT2D eigenvalue weighted by molar-refractivity contribution is -0.143. The molecule has 200 valence electrons. The number of allylic oxidation sites excluding steroid dienone is 5. The van der Waals surface area contributed by atoms with Crippen LogP contribution in [0.15, 0.2) is 58.7 Å². The van der Waals surface area contributed by atoms with Crippen molar-refractivity contribution in [2.45, 2.75) is 79.1 Å². The number of hydrogen-bond acceptors (Lipinski definition) is 6. The van der Waals surface area contributed by atoms with Crippen LogP contribution >= 0.6 is 11.3 Å². The van der Waals surface area contributed by atoms with Crippen LogP contribution in [0, 0.1) is 0 Å². The molecule has 5 nitrogen and oxygen atoms in total. The van der Waals surface area contributed by atoms with Gasteiger partial charge in [-0.1, -0.05) is 38.8 Å². The number of nitrogens with zero attached hydrogens (tertiary/aromatic N) is 1. The second kappa shape index (κ2) is 15.4. The minimum absolute atomic E-state index is 0.141. The summed E-state index contributed by atoms with van der Waals surface area (Å²) in [5, 5.41) is 3.21. The summed E-state index contributed by atoms with van der Waals surface area (Å²) in [4.78, 5) is 16.5. The Morgan fingerprint density at radius 3 is 2.59 bits per heavy atom. The first-order chi connectivity index (χ1) is 18.1. The molecule has 0 saturated heterocycles. The number of thiazole rings is 1. The van der Waals surface area contributed by atoms with Crippen molar-refractivity contribution in [1.82, 2.24) is 4.98 Å². The molecule has 0 bridgehead atoms. The van der Waals surface area contributed by atoms with Gasteiger partial charge in [0.25, 0.3) is 0 Å². The van der Waals surface area contributed by atoms with E-state index >= 15 is 0 Å². The van der Waals surface area contributed by atoms with Gasteiger partial charge in [-0.25, -0.2) is 4.98 Å². The molecule has 0 unspecified atom stereocenters. The standard InChI is InChI=1S/C31H41NO4S/c1-5-10-25-21-26(31-32-27(7-3)22-37-31)13-17-29(25)36-20-9-19-35-28-15-11-23(6-2)24(12-16-28)14-18-30(33)34-8-4/h12-13,15-17,21-22H,5-11,14,18-20H2,1-4H3. The van der Waals surface area contributed by atoms with Crippen LogP contribution in [0.1, 0.15) is 77.5 Å². The van der Waals surface area contributed by atoms with E-state index in [0.717, 1.165) is 66.3 Å². The molecule has 1 aromatic heterocycles. The fraction of sp³-hybridized carbons (Fsp3) is 0.484. The number of carbonyl (C=O) groups is 1. The van der Waals surface area contributed by atoms with Gasteiger partial charge >= 0.3 is 5.97 Å². The minimum Gasteiger partial charge on any atom is -0.494 e. The Morgan fingerprint density at radius 2 is 1.86 bits per heavy atom. The van der Waals surface area contributed by atoms with Gasteiger partial charge in [-0.3, -0.25) is 4.79 Å². The third kappa shape index (κ3) is 8.89. The highest BCUT2D eigenvalue weighted by molar-refractivity contribution is 7.13. The topological polar surface area (TPSA) is 57.7 Å². The summed E-state index contributed by atoms with van der Waals surface area (Å²) in [5.74, 6) is 1.69. The van der Waals surface area contributed by atoms with Gasteiger partial charge in [0.1, 0.15) is 16.5 Å². The highest BCUT2D eigenvalue weighted by Crippen LogP contribution is 2.30. The summed E-state index contributed by atoms with van der Waals surface area (Å²) in [6, 6.07) is 6.43. The molecule has 6 heteroatoms. The van der Waals surface area contributed by atoms with Crippen LogP contribution in [0.5, 0.6) is 5.75 Å². The molecule has 0 amide bonds. The van der Waals surface area contributed by atoms with Crippen molar-refractivity contribution in [3.8, 4) is 16.3 Å². The van der Waals surface area contributed by atoms with E-state index in [9.17, 15) is 4.79 Å². The fourth-order valence-electron chi connectivity index (χ4n) is 4.28. The Balaban J connectivity index is 1.48. The van der Waals surface area contributed by atoms with Crippen LogP contribution < -0.4 is 4.74 Å². The Hall–Kier alpha value is -2.86. The normalized spacial score (nSPS) is 13.4. The van der Waals surface area contributed by atoms with E-state index in [4.69, 9.17) is 19.2 Å². The zero-order valence-corrected chi connectivity index (χ0v) is 23.6. The van der Waals surface area contributed by atoms with E-state index in [1.165, 1.54) is 16.7 Å². The highest BCUT2D eigenvalue weighted by atomic mass is 32.1. The summed E-state index contributed by atoms with van der Waals surface area (Å²) in [5.41, 5.74) is 6.10. The maximum Gasteiger partial charge on any atom is 0.306 e. The third-order valence-corrected chi connectivity index (χ3v) is 7.28. The van der Waals surface area contributed by atoms with E-state index in [1.807, 2.05) is 13.0 Å². The van der Waals surface area contributed by atoms with Gasteiger partial charge in [-0.15, -0.1) is 11.3 Å². The fourth-order valence-corrected chi connectivity index (χ4v) is 5.18. The molecule has 0 aliphatic heterocycles. The van der Waals surface area contributed by atoms with E-state index in [1.54, 1.807) is 11.3 Å². The Morgan fingerprint density at radius 1 is 1.03 bits per heavy atom. The van der Waals surface area contributed by atoms with Gasteiger partial charge < -0.3 is 14.2 Å². The van der Waals surface area contributed by atoms with Gasteiger partial charge in [-0.2, -0.15) is 0 Å². The number of benzene rings is 1. The molecule has 0 radical (unpaired) electrons. The van der Waals surface area contributed by atoms with Crippen molar-refractivity contribution < 1.29 is 19.0 Å². The average molecular weight is 524 g/mol. The van der Waals surface area contributed by atoms with E-state index in [2.05, 4.69) is 56.5 Å². The molecule has 0 atom stereocenters. The average Bonchev–Trinajstić information content (AvgIpc) is 3.30. The summed E-state index contributed by atoms with van der Waals surface area (Å²) in [6.07, 6.45) is 13.0. The number of aryl methyl sites for hydroxylation is 2. The number of hydrogen-bond donors (Lipinski definition) is 0. The summed E-state index contributed by atoms with van der Waals surface area (Å²) >= 11 is 1.70. The number of aromatic nitrogens is 1. The van der Waals surface area contributed by atoms with Gasteiger partial charge in [0.05, 0.1) is 25.5 Å². The number of rotatable bonds is 15. The molecular formula is C31H41NO4S. The maximum atomic E-state index is 11.8. The SMILES string of the molecule is CCCc1cc(-c2nc(CC)cs2)ccc1OCCCOC1=CCC(CC)=C(CCC(=O)OCC)C=C1. The Kier molecular flexibility index (Phi) is 12.0. The second-order valence-corrected chi connectivity index (χ2v) is 9.91. The lowest BCUT2D eigenvalue weighted by Crippen LogP contribution is -2.04. The first-order valence-corrected chi connectivity index (χ1v) is 14.5. The number of carbonyl (C=O) groups excluding carboxylic acids is 1. The van der Waals surface area contributed by atoms with Gasteiger partial charge in [-0.05, 0) is 80.5 Å². The molecule has 0 N–H and O–H groups in total. The molecule has 37 heavy (non-hydrogen) atoms. The summed E-state index contributed by atoms with van der Waals surface area (Å²) in [7, 11) is 0. The molecule has 1 aliphatic rings. The van der Waals surface area contributed by atoms with Crippen molar-refractivity contribution in [2.75, 3.05) is 19.8 Å². The predicted molar refractivity (Wildman–Crippen MR) is 152 cm³/mol. The number of esters is 1. The molecule has 1 aromatic carbocycles. The minimum atomic E-state index is -0.141. The molecule has 2 aromatic rings. The van der Waals surface area contributed by atoms with Crippen molar-refractivity contribution in [3.05, 3.63) is 70.0 Å². The van der Waals surface area contributed by atoms with Gasteiger partial charge in [0.15, 0.2) is 0 Å². The van der Waals surface area contributed by atoms with Crippen molar-refractivity contribution in [2.24, 2.45) is 0 Å². The highest BCUT2D eigenvalue weighted by Gasteiger charge is 2.11. The van der Waals surface area contributed by atoms with Crippen LogP contribution in [0.3, 0.4) is 0 Å². The quantitative estimate of drug-likeness (QED) is 0.175. The van der Waals surface area contributed by atoms with Crippen LogP contribution in [-0.4, -0.2) is 30.8 Å². The molecule has 1 heterocycles. The van der Waals surface area contributed by atoms with Gasteiger partial charge in [0, 0.05) is 23.8 Å². The molecular weight excluding hydrogens is 482 g/mol. The summed E-state index contributed by atoms with van der Waals surface area (Å²) in [6.45, 7) is 9.94. The monoisotopic (exact) mass is 523 g/mol. The molecule has 0 spiro atoms. The lowest BCUT2D eigenvalue weighted by Gasteiger charge is -2.13. The number of ether oxygens (including phenoxy) is 3. The van der Waals surface area contributed by atoms with Crippen molar-refractivity contribution in [3.63, 3.8) is 0 Å². The second-order valence-electron chi connectivity index (χ2n) is 9.05. The predicted octanol–water partition coefficient (Wildman–Crippen LogP) is 8.00. The van der Waals surface area contributed by atoms with E-state index < -0.39 is 0 Å².